The van der Waals surface area contributed by atoms with Crippen molar-refractivity contribution in [2.75, 3.05) is 11.9 Å². The second kappa shape index (κ2) is 10.1. The van der Waals surface area contributed by atoms with Gasteiger partial charge in [0.25, 0.3) is 0 Å². The fraction of sp³-hybridized carbons (Fsp3) is 0.391. The number of thiocarbonyl (C=S) groups is 1. The standard InChI is InChI=1S/C23H29ClN2O2S/c1-15-10-11-16(2)20(14-15)28-13-7-12-23(4,5)21(27)26-22(29)25-19-9-6-8-18(24)17(19)3/h6,8-11,14H,7,12-13H2,1-5H3,(H2,25,26,27,29). The van der Waals surface area contributed by atoms with Crippen molar-refractivity contribution in [3.63, 3.8) is 0 Å². The molecule has 0 saturated heterocycles. The number of ether oxygens (including phenoxy) is 1. The first-order valence-electron chi connectivity index (χ1n) is 9.68. The Morgan fingerprint density at radius 3 is 2.62 bits per heavy atom. The molecule has 0 aliphatic carbocycles. The largest absolute Gasteiger partial charge is 0.493 e. The Hall–Kier alpha value is -2.11. The van der Waals surface area contributed by atoms with E-state index in [1.54, 1.807) is 0 Å². The number of carbonyl (C=O) groups excluding carboxylic acids is 1. The molecule has 2 N–H and O–H groups in total. The molecule has 0 spiro atoms. The van der Waals surface area contributed by atoms with Crippen LogP contribution in [0.25, 0.3) is 0 Å². The van der Waals surface area contributed by atoms with Gasteiger partial charge >= 0.3 is 0 Å². The molecular formula is C23H29ClN2O2S. The zero-order valence-corrected chi connectivity index (χ0v) is 19.3. The summed E-state index contributed by atoms with van der Waals surface area (Å²) in [6, 6.07) is 11.7. The van der Waals surface area contributed by atoms with Gasteiger partial charge in [-0.25, -0.2) is 0 Å². The highest BCUT2D eigenvalue weighted by Gasteiger charge is 2.28. The smallest absolute Gasteiger partial charge is 0.231 e. The van der Waals surface area contributed by atoms with Gasteiger partial charge in [0.1, 0.15) is 5.75 Å². The summed E-state index contributed by atoms with van der Waals surface area (Å²) in [6.07, 6.45) is 1.45. The molecule has 0 bridgehead atoms. The highest BCUT2D eigenvalue weighted by atomic mass is 35.5. The third kappa shape index (κ3) is 6.72. The second-order valence-electron chi connectivity index (χ2n) is 7.93. The van der Waals surface area contributed by atoms with Gasteiger partial charge in [0, 0.05) is 16.1 Å². The van der Waals surface area contributed by atoms with E-state index < -0.39 is 5.41 Å². The van der Waals surface area contributed by atoms with Crippen LogP contribution in [0.3, 0.4) is 0 Å². The lowest BCUT2D eigenvalue weighted by molar-refractivity contribution is -0.128. The average molecular weight is 433 g/mol. The van der Waals surface area contributed by atoms with Crippen LogP contribution in [0.2, 0.25) is 5.02 Å². The van der Waals surface area contributed by atoms with Crippen molar-refractivity contribution < 1.29 is 9.53 Å². The Balaban J connectivity index is 1.83. The number of hydrogen-bond acceptors (Lipinski definition) is 3. The van der Waals surface area contributed by atoms with Crippen LogP contribution in [0.4, 0.5) is 5.69 Å². The molecule has 2 aromatic rings. The number of hydrogen-bond donors (Lipinski definition) is 2. The summed E-state index contributed by atoms with van der Waals surface area (Å²) in [4.78, 5) is 12.7. The van der Waals surface area contributed by atoms with Gasteiger partial charge in [-0.3, -0.25) is 4.79 Å². The second-order valence-corrected chi connectivity index (χ2v) is 8.74. The summed E-state index contributed by atoms with van der Waals surface area (Å²) in [6.45, 7) is 10.4. The van der Waals surface area contributed by atoms with Crippen molar-refractivity contribution in [2.45, 2.75) is 47.5 Å². The number of halogens is 1. The minimum atomic E-state index is -0.569. The van der Waals surface area contributed by atoms with Crippen molar-refractivity contribution >= 4 is 40.5 Å². The quantitative estimate of drug-likeness (QED) is 0.418. The Labute approximate surface area is 184 Å². The predicted octanol–water partition coefficient (Wildman–Crippen LogP) is 5.96. The fourth-order valence-electron chi connectivity index (χ4n) is 2.84. The molecule has 6 heteroatoms. The average Bonchev–Trinajstić information content (AvgIpc) is 2.65. The number of benzene rings is 2. The van der Waals surface area contributed by atoms with Gasteiger partial charge < -0.3 is 15.4 Å². The van der Waals surface area contributed by atoms with Gasteiger partial charge in [-0.1, -0.05) is 43.6 Å². The van der Waals surface area contributed by atoms with Crippen LogP contribution in [0.1, 0.15) is 43.4 Å². The molecule has 2 aromatic carbocycles. The Morgan fingerprint density at radius 2 is 1.90 bits per heavy atom. The molecule has 0 unspecified atom stereocenters. The van der Waals surface area contributed by atoms with Crippen LogP contribution in [0, 0.1) is 26.2 Å². The lowest BCUT2D eigenvalue weighted by Crippen LogP contribution is -2.42. The summed E-state index contributed by atoms with van der Waals surface area (Å²) in [5.41, 5.74) is 3.37. The summed E-state index contributed by atoms with van der Waals surface area (Å²) in [7, 11) is 0. The van der Waals surface area contributed by atoms with E-state index in [1.807, 2.05) is 58.9 Å². The molecule has 0 aliphatic rings. The minimum absolute atomic E-state index is 0.124. The van der Waals surface area contributed by atoms with E-state index >= 15 is 0 Å². The third-order valence-corrected chi connectivity index (χ3v) is 5.52. The van der Waals surface area contributed by atoms with Crippen molar-refractivity contribution in [1.82, 2.24) is 5.32 Å². The topological polar surface area (TPSA) is 50.4 Å². The summed E-state index contributed by atoms with van der Waals surface area (Å²) < 4.78 is 5.89. The predicted molar refractivity (Wildman–Crippen MR) is 125 cm³/mol. The molecule has 0 aliphatic heterocycles. The molecule has 156 valence electrons. The Morgan fingerprint density at radius 1 is 1.17 bits per heavy atom. The van der Waals surface area contributed by atoms with Gasteiger partial charge in [0.05, 0.1) is 6.61 Å². The van der Waals surface area contributed by atoms with Crippen molar-refractivity contribution in [3.8, 4) is 5.75 Å². The number of nitrogens with one attached hydrogen (secondary N) is 2. The maximum absolute atomic E-state index is 12.7. The summed E-state index contributed by atoms with van der Waals surface area (Å²) in [5.74, 6) is 0.774. The molecule has 0 heterocycles. The van der Waals surface area contributed by atoms with E-state index in [0.717, 1.165) is 29.0 Å². The summed E-state index contributed by atoms with van der Waals surface area (Å²) in [5, 5.41) is 6.74. The maximum Gasteiger partial charge on any atom is 0.231 e. The zero-order valence-electron chi connectivity index (χ0n) is 17.7. The first kappa shape index (κ1) is 23.2. The van der Waals surface area contributed by atoms with Gasteiger partial charge in [-0.05, 0) is 80.7 Å². The number of rotatable bonds is 7. The van der Waals surface area contributed by atoms with Crippen LogP contribution in [-0.2, 0) is 4.79 Å². The molecular weight excluding hydrogens is 404 g/mol. The Kier molecular flexibility index (Phi) is 8.05. The van der Waals surface area contributed by atoms with Gasteiger partial charge in [0.15, 0.2) is 5.11 Å². The highest BCUT2D eigenvalue weighted by molar-refractivity contribution is 7.80. The number of anilines is 1. The minimum Gasteiger partial charge on any atom is -0.493 e. The van der Waals surface area contributed by atoms with Crippen LogP contribution >= 0.6 is 23.8 Å². The summed E-state index contributed by atoms with van der Waals surface area (Å²) >= 11 is 11.4. The lowest BCUT2D eigenvalue weighted by atomic mass is 9.87. The van der Waals surface area contributed by atoms with Crippen molar-refractivity contribution in [3.05, 3.63) is 58.1 Å². The van der Waals surface area contributed by atoms with Gasteiger partial charge in [-0.15, -0.1) is 0 Å². The molecule has 0 fully saturated rings. The normalized spacial score (nSPS) is 11.1. The molecule has 2 rings (SSSR count). The molecule has 4 nitrogen and oxygen atoms in total. The lowest BCUT2D eigenvalue weighted by Gasteiger charge is -2.24. The molecule has 29 heavy (non-hydrogen) atoms. The van der Waals surface area contributed by atoms with Crippen LogP contribution in [-0.4, -0.2) is 17.6 Å². The fourth-order valence-corrected chi connectivity index (χ4v) is 3.22. The zero-order chi connectivity index (χ0) is 21.6. The van der Waals surface area contributed by atoms with Crippen LogP contribution in [0.15, 0.2) is 36.4 Å². The van der Waals surface area contributed by atoms with Crippen LogP contribution in [0.5, 0.6) is 5.75 Å². The van der Waals surface area contributed by atoms with Gasteiger partial charge in [-0.2, -0.15) is 0 Å². The third-order valence-electron chi connectivity index (χ3n) is 4.90. The van der Waals surface area contributed by atoms with E-state index in [1.165, 1.54) is 5.56 Å². The molecule has 0 aromatic heterocycles. The first-order chi connectivity index (χ1) is 13.6. The molecule has 1 amide bonds. The van der Waals surface area contributed by atoms with Crippen LogP contribution < -0.4 is 15.4 Å². The number of carbonyl (C=O) groups is 1. The van der Waals surface area contributed by atoms with E-state index in [4.69, 9.17) is 28.6 Å². The Bertz CT molecular complexity index is 896. The number of amides is 1. The van der Waals surface area contributed by atoms with Crippen molar-refractivity contribution in [1.29, 1.82) is 0 Å². The van der Waals surface area contributed by atoms with Gasteiger partial charge in [0.2, 0.25) is 5.91 Å². The van der Waals surface area contributed by atoms with E-state index in [2.05, 4.69) is 22.8 Å². The van der Waals surface area contributed by atoms with E-state index in [0.29, 0.717) is 18.1 Å². The molecule has 0 saturated carbocycles. The highest BCUT2D eigenvalue weighted by Crippen LogP contribution is 2.25. The molecule has 0 atom stereocenters. The number of aryl methyl sites for hydroxylation is 2. The molecule has 0 radical (unpaired) electrons. The monoisotopic (exact) mass is 432 g/mol. The SMILES string of the molecule is Cc1ccc(C)c(OCCCC(C)(C)C(=O)NC(=S)Nc2cccc(Cl)c2C)c1. The van der Waals surface area contributed by atoms with E-state index in [9.17, 15) is 4.79 Å². The first-order valence-corrected chi connectivity index (χ1v) is 10.5. The van der Waals surface area contributed by atoms with E-state index in [-0.39, 0.29) is 11.0 Å². The van der Waals surface area contributed by atoms with Crippen molar-refractivity contribution in [2.24, 2.45) is 5.41 Å². The maximum atomic E-state index is 12.7.